The summed E-state index contributed by atoms with van der Waals surface area (Å²) >= 11 is 0. The molecule has 0 aromatic heterocycles. The van der Waals surface area contributed by atoms with Gasteiger partial charge in [0.15, 0.2) is 6.61 Å². The standard InChI is InChI=1S/C13H8F3NO5/c14-13(15,16)6-22-12(19)11-8-2-1-3-9(17(20)21)7(8)4-5-10(11)18/h1-5,18H,6H2. The van der Waals surface area contributed by atoms with Crippen molar-refractivity contribution in [2.45, 2.75) is 6.18 Å². The Balaban J connectivity index is 2.53. The highest BCUT2D eigenvalue weighted by molar-refractivity contribution is 6.09. The van der Waals surface area contributed by atoms with Crippen molar-refractivity contribution in [3.8, 4) is 5.75 Å². The molecule has 0 saturated carbocycles. The summed E-state index contributed by atoms with van der Waals surface area (Å²) in [7, 11) is 0. The summed E-state index contributed by atoms with van der Waals surface area (Å²) in [5, 5.41) is 20.5. The van der Waals surface area contributed by atoms with Gasteiger partial charge in [0.05, 0.1) is 10.3 Å². The van der Waals surface area contributed by atoms with E-state index in [9.17, 15) is 33.2 Å². The van der Waals surface area contributed by atoms with E-state index in [0.29, 0.717) is 0 Å². The number of aromatic hydroxyl groups is 1. The number of phenolic OH excluding ortho intramolecular Hbond substituents is 1. The molecule has 0 radical (unpaired) electrons. The molecule has 2 aromatic rings. The van der Waals surface area contributed by atoms with Crippen LogP contribution in [-0.2, 0) is 4.74 Å². The van der Waals surface area contributed by atoms with Gasteiger partial charge >= 0.3 is 12.1 Å². The highest BCUT2D eigenvalue weighted by Crippen LogP contribution is 2.33. The van der Waals surface area contributed by atoms with Crippen molar-refractivity contribution >= 4 is 22.4 Å². The molecule has 0 amide bonds. The summed E-state index contributed by atoms with van der Waals surface area (Å²) in [5.41, 5.74) is -0.896. The molecule has 116 valence electrons. The van der Waals surface area contributed by atoms with Crippen LogP contribution < -0.4 is 0 Å². The van der Waals surface area contributed by atoms with Gasteiger partial charge in [-0.3, -0.25) is 10.1 Å². The number of nitrogens with zero attached hydrogens (tertiary/aromatic N) is 1. The summed E-state index contributed by atoms with van der Waals surface area (Å²) < 4.78 is 40.3. The Morgan fingerprint density at radius 3 is 2.50 bits per heavy atom. The first kappa shape index (κ1) is 15.5. The fraction of sp³-hybridized carbons (Fsp3) is 0.154. The van der Waals surface area contributed by atoms with Crippen LogP contribution >= 0.6 is 0 Å². The van der Waals surface area contributed by atoms with Gasteiger partial charge in [-0.15, -0.1) is 0 Å². The third kappa shape index (κ3) is 3.08. The lowest BCUT2D eigenvalue weighted by molar-refractivity contribution is -0.383. The topological polar surface area (TPSA) is 89.7 Å². The molecule has 0 fully saturated rings. The normalized spacial score (nSPS) is 11.4. The number of nitro groups is 1. The fourth-order valence-electron chi connectivity index (χ4n) is 1.92. The summed E-state index contributed by atoms with van der Waals surface area (Å²) in [6.45, 7) is -1.82. The van der Waals surface area contributed by atoms with E-state index >= 15 is 0 Å². The lowest BCUT2D eigenvalue weighted by Gasteiger charge is -2.11. The van der Waals surface area contributed by atoms with Gasteiger partial charge in [0.1, 0.15) is 11.3 Å². The van der Waals surface area contributed by atoms with Gasteiger partial charge < -0.3 is 9.84 Å². The molecule has 0 saturated heterocycles. The second-order valence-electron chi connectivity index (χ2n) is 4.28. The Morgan fingerprint density at radius 1 is 1.23 bits per heavy atom. The number of rotatable bonds is 3. The van der Waals surface area contributed by atoms with Gasteiger partial charge in [-0.05, 0) is 12.1 Å². The van der Waals surface area contributed by atoms with Crippen LogP contribution in [0.2, 0.25) is 0 Å². The molecule has 0 atom stereocenters. The van der Waals surface area contributed by atoms with E-state index in [1.807, 2.05) is 0 Å². The molecule has 1 N–H and O–H groups in total. The maximum absolute atomic E-state index is 12.1. The van der Waals surface area contributed by atoms with E-state index in [1.54, 1.807) is 0 Å². The molecule has 9 heteroatoms. The van der Waals surface area contributed by atoms with Crippen molar-refractivity contribution in [2.75, 3.05) is 6.61 Å². The highest BCUT2D eigenvalue weighted by Gasteiger charge is 2.31. The molecule has 0 aliphatic carbocycles. The predicted octanol–water partition coefficient (Wildman–Crippen LogP) is 3.17. The molecule has 2 aromatic carbocycles. The lowest BCUT2D eigenvalue weighted by atomic mass is 10.0. The van der Waals surface area contributed by atoms with Crippen LogP contribution in [0, 0.1) is 10.1 Å². The SMILES string of the molecule is O=C(OCC(F)(F)F)c1c(O)ccc2c([N+](=O)[O-])cccc12. The molecule has 0 aliphatic rings. The predicted molar refractivity (Wildman–Crippen MR) is 68.6 cm³/mol. The molecule has 22 heavy (non-hydrogen) atoms. The smallest absolute Gasteiger partial charge is 0.422 e. The second kappa shape index (κ2) is 5.51. The summed E-state index contributed by atoms with van der Waals surface area (Å²) in [4.78, 5) is 22.0. The van der Waals surface area contributed by atoms with E-state index in [0.717, 1.165) is 6.07 Å². The van der Waals surface area contributed by atoms with E-state index in [2.05, 4.69) is 4.74 Å². The zero-order valence-electron chi connectivity index (χ0n) is 10.8. The van der Waals surface area contributed by atoms with Gasteiger partial charge in [0.25, 0.3) is 5.69 Å². The average Bonchev–Trinajstić information content (AvgIpc) is 2.43. The first-order valence-electron chi connectivity index (χ1n) is 5.83. The van der Waals surface area contributed by atoms with Crippen LogP contribution in [0.1, 0.15) is 10.4 Å². The third-order valence-electron chi connectivity index (χ3n) is 2.78. The van der Waals surface area contributed by atoms with Crippen molar-refractivity contribution in [3.63, 3.8) is 0 Å². The first-order chi connectivity index (χ1) is 10.2. The number of hydrogen-bond donors (Lipinski definition) is 1. The Bertz CT molecular complexity index is 757. The van der Waals surface area contributed by atoms with Crippen LogP contribution in [0.15, 0.2) is 30.3 Å². The number of hydrogen-bond acceptors (Lipinski definition) is 5. The number of carbonyl (C=O) groups excluding carboxylic acids is 1. The van der Waals surface area contributed by atoms with Crippen LogP contribution in [0.5, 0.6) is 5.75 Å². The summed E-state index contributed by atoms with van der Waals surface area (Å²) in [5.74, 6) is -2.04. The number of alkyl halides is 3. The van der Waals surface area contributed by atoms with Gasteiger partial charge in [-0.25, -0.2) is 4.79 Å². The maximum atomic E-state index is 12.1. The van der Waals surface area contributed by atoms with Crippen molar-refractivity contribution in [1.82, 2.24) is 0 Å². The average molecular weight is 315 g/mol. The number of carbonyl (C=O) groups is 1. The number of benzene rings is 2. The third-order valence-corrected chi connectivity index (χ3v) is 2.78. The molecule has 0 spiro atoms. The van der Waals surface area contributed by atoms with E-state index in [-0.39, 0.29) is 16.5 Å². The molecule has 0 unspecified atom stereocenters. The molecule has 0 bridgehead atoms. The van der Waals surface area contributed by atoms with Crippen LogP contribution in [0.25, 0.3) is 10.8 Å². The highest BCUT2D eigenvalue weighted by atomic mass is 19.4. The van der Waals surface area contributed by atoms with Crippen molar-refractivity contribution in [3.05, 3.63) is 46.0 Å². The number of non-ortho nitro benzene ring substituents is 1. The largest absolute Gasteiger partial charge is 0.507 e. The fourth-order valence-corrected chi connectivity index (χ4v) is 1.92. The maximum Gasteiger partial charge on any atom is 0.422 e. The van der Waals surface area contributed by atoms with Crippen LogP contribution in [0.4, 0.5) is 18.9 Å². The number of nitro benzene ring substituents is 1. The molecule has 0 aliphatic heterocycles. The van der Waals surface area contributed by atoms with Gasteiger partial charge in [-0.2, -0.15) is 13.2 Å². The second-order valence-corrected chi connectivity index (χ2v) is 4.28. The van der Waals surface area contributed by atoms with Crippen molar-refractivity contribution in [1.29, 1.82) is 0 Å². The summed E-state index contributed by atoms with van der Waals surface area (Å²) in [6.07, 6.45) is -4.72. The number of ether oxygens (including phenoxy) is 1. The van der Waals surface area contributed by atoms with E-state index < -0.39 is 35.0 Å². The zero-order valence-corrected chi connectivity index (χ0v) is 10.8. The number of phenols is 1. The first-order valence-corrected chi connectivity index (χ1v) is 5.83. The number of esters is 1. The number of fused-ring (bicyclic) bond motifs is 1. The number of halogens is 3. The van der Waals surface area contributed by atoms with Crippen molar-refractivity contribution in [2.24, 2.45) is 0 Å². The van der Waals surface area contributed by atoms with Gasteiger partial charge in [0.2, 0.25) is 0 Å². The molecule has 6 nitrogen and oxygen atoms in total. The lowest BCUT2D eigenvalue weighted by Crippen LogP contribution is -2.20. The van der Waals surface area contributed by atoms with Gasteiger partial charge in [0, 0.05) is 11.5 Å². The Morgan fingerprint density at radius 2 is 1.91 bits per heavy atom. The molecule has 2 rings (SSSR count). The molecular formula is C13H8F3NO5. The van der Waals surface area contributed by atoms with Gasteiger partial charge in [-0.1, -0.05) is 12.1 Å². The Hall–Kier alpha value is -2.84. The molecule has 0 heterocycles. The van der Waals surface area contributed by atoms with Crippen LogP contribution in [-0.4, -0.2) is 28.8 Å². The molecular weight excluding hydrogens is 307 g/mol. The minimum Gasteiger partial charge on any atom is -0.507 e. The summed E-state index contributed by atoms with van der Waals surface area (Å²) in [6, 6.07) is 5.87. The monoisotopic (exact) mass is 315 g/mol. The quantitative estimate of drug-likeness (QED) is 0.534. The Kier molecular flexibility index (Phi) is 3.89. The van der Waals surface area contributed by atoms with E-state index in [1.165, 1.54) is 24.3 Å². The zero-order chi connectivity index (χ0) is 16.5. The minimum atomic E-state index is -4.72. The Labute approximate surface area is 120 Å². The van der Waals surface area contributed by atoms with E-state index in [4.69, 9.17) is 0 Å². The van der Waals surface area contributed by atoms with Crippen LogP contribution in [0.3, 0.4) is 0 Å². The van der Waals surface area contributed by atoms with Crippen molar-refractivity contribution < 1.29 is 32.7 Å². The minimum absolute atomic E-state index is 0.00394.